The smallest absolute Gasteiger partial charge is 0.294 e. The molecule has 0 fully saturated rings. The molecule has 0 aliphatic heterocycles. The summed E-state index contributed by atoms with van der Waals surface area (Å²) < 4.78 is 27.7. The van der Waals surface area contributed by atoms with Crippen molar-refractivity contribution in [2.24, 2.45) is 0 Å². The molecule has 0 bridgehead atoms. The Balaban J connectivity index is 2.84. The molecule has 0 aliphatic rings. The molecule has 0 aromatic heterocycles. The Bertz CT molecular complexity index is 536. The van der Waals surface area contributed by atoms with E-state index in [-0.39, 0.29) is 17.9 Å². The Labute approximate surface area is 103 Å². The van der Waals surface area contributed by atoms with Crippen molar-refractivity contribution in [1.29, 1.82) is 0 Å². The summed E-state index contributed by atoms with van der Waals surface area (Å²) in [7, 11) is -3.63. The number of hydrogen-bond donors (Lipinski definition) is 0. The van der Waals surface area contributed by atoms with E-state index >= 15 is 0 Å². The zero-order chi connectivity index (χ0) is 13.8. The summed E-state index contributed by atoms with van der Waals surface area (Å²) >= 11 is 0. The predicted molar refractivity (Wildman–Crippen MR) is 62.3 cm³/mol. The first-order chi connectivity index (χ1) is 8.36. The van der Waals surface area contributed by atoms with E-state index in [1.807, 2.05) is 0 Å². The Morgan fingerprint density at radius 1 is 1.39 bits per heavy atom. The van der Waals surface area contributed by atoms with E-state index in [9.17, 15) is 23.3 Å². The van der Waals surface area contributed by atoms with Gasteiger partial charge in [0, 0.05) is 12.1 Å². The molecule has 1 rings (SSSR count). The number of carbonyl (C=O) groups excluding carboxylic acids is 1. The summed E-state index contributed by atoms with van der Waals surface area (Å²) in [5.74, 6) is -0.347. The summed E-state index contributed by atoms with van der Waals surface area (Å²) in [6, 6.07) is 5.14. The third-order valence-electron chi connectivity index (χ3n) is 2.27. The van der Waals surface area contributed by atoms with Gasteiger partial charge in [0.05, 0.1) is 10.7 Å². The Morgan fingerprint density at radius 3 is 2.39 bits per heavy atom. The zero-order valence-corrected chi connectivity index (χ0v) is 10.3. The lowest BCUT2D eigenvalue weighted by atomic mass is 10.2. The maximum atomic E-state index is 11.7. The fourth-order valence-electron chi connectivity index (χ4n) is 1.23. The second-order valence-corrected chi connectivity index (χ2v) is 5.81. The number of nitro groups is 1. The zero-order valence-electron chi connectivity index (χ0n) is 9.48. The molecule has 0 radical (unpaired) electrons. The standard InChI is InChI=1S/C10H11NO6S/c1-8(17-7-12)18(15,16)6-9-2-4-10(5-3-9)11(13)14/h2-5,7-8H,6H2,1H3. The Hall–Kier alpha value is -1.96. The quantitative estimate of drug-likeness (QED) is 0.435. The molecule has 7 nitrogen and oxygen atoms in total. The molecule has 0 N–H and O–H groups in total. The third kappa shape index (κ3) is 3.52. The van der Waals surface area contributed by atoms with Crippen LogP contribution in [0.25, 0.3) is 0 Å². The highest BCUT2D eigenvalue weighted by Crippen LogP contribution is 2.16. The molecule has 0 amide bonds. The Kier molecular flexibility index (Phi) is 4.38. The molecule has 0 heterocycles. The number of rotatable bonds is 6. The highest BCUT2D eigenvalue weighted by atomic mass is 32.2. The van der Waals surface area contributed by atoms with Gasteiger partial charge in [0.2, 0.25) is 0 Å². The van der Waals surface area contributed by atoms with Crippen molar-refractivity contribution in [2.45, 2.75) is 18.1 Å². The molecule has 0 spiro atoms. The van der Waals surface area contributed by atoms with Crippen LogP contribution in [0.15, 0.2) is 24.3 Å². The molecule has 18 heavy (non-hydrogen) atoms. The number of nitro benzene ring substituents is 1. The molecule has 0 saturated carbocycles. The molecule has 1 aromatic rings. The van der Waals surface area contributed by atoms with Crippen molar-refractivity contribution in [3.05, 3.63) is 39.9 Å². The van der Waals surface area contributed by atoms with E-state index in [4.69, 9.17) is 0 Å². The normalized spacial score (nSPS) is 12.7. The minimum Gasteiger partial charge on any atom is -0.448 e. The van der Waals surface area contributed by atoms with E-state index in [0.29, 0.717) is 5.56 Å². The van der Waals surface area contributed by atoms with Crippen LogP contribution in [0.1, 0.15) is 12.5 Å². The third-order valence-corrected chi connectivity index (χ3v) is 4.13. The molecule has 0 aliphatic carbocycles. The number of carbonyl (C=O) groups is 1. The number of nitrogens with zero attached hydrogens (tertiary/aromatic N) is 1. The van der Waals surface area contributed by atoms with Crippen molar-refractivity contribution < 1.29 is 22.9 Å². The van der Waals surface area contributed by atoms with Crippen molar-refractivity contribution in [3.63, 3.8) is 0 Å². The minimum absolute atomic E-state index is 0.0675. The fraction of sp³-hybridized carbons (Fsp3) is 0.300. The van der Waals surface area contributed by atoms with Crippen molar-refractivity contribution in [3.8, 4) is 0 Å². The van der Waals surface area contributed by atoms with Gasteiger partial charge in [0.15, 0.2) is 15.3 Å². The van der Waals surface area contributed by atoms with Crippen molar-refractivity contribution >= 4 is 22.0 Å². The summed E-state index contributed by atoms with van der Waals surface area (Å²) in [5.41, 5.74) is -0.972. The van der Waals surface area contributed by atoms with Gasteiger partial charge in [-0.2, -0.15) is 0 Å². The average Bonchev–Trinajstić information content (AvgIpc) is 2.29. The maximum Gasteiger partial charge on any atom is 0.294 e. The van der Waals surface area contributed by atoms with Crippen LogP contribution in [0.4, 0.5) is 5.69 Å². The molecule has 1 aromatic carbocycles. The van der Waals surface area contributed by atoms with Gasteiger partial charge in [0.1, 0.15) is 0 Å². The maximum absolute atomic E-state index is 11.7. The fourth-order valence-corrected chi connectivity index (χ4v) is 2.33. The number of sulfone groups is 1. The van der Waals surface area contributed by atoms with Crippen molar-refractivity contribution in [2.75, 3.05) is 0 Å². The SMILES string of the molecule is CC(OC=O)S(=O)(=O)Cc1ccc([N+](=O)[O-])cc1. The van der Waals surface area contributed by atoms with Gasteiger partial charge in [-0.3, -0.25) is 14.9 Å². The first-order valence-electron chi connectivity index (χ1n) is 4.91. The van der Waals surface area contributed by atoms with E-state index in [1.165, 1.54) is 31.2 Å². The first-order valence-corrected chi connectivity index (χ1v) is 6.62. The predicted octanol–water partition coefficient (Wildman–Crippen LogP) is 1.03. The number of non-ortho nitro benzene ring substituents is 1. The lowest BCUT2D eigenvalue weighted by Gasteiger charge is -2.10. The van der Waals surface area contributed by atoms with Gasteiger partial charge >= 0.3 is 0 Å². The van der Waals surface area contributed by atoms with Crippen LogP contribution in [0.2, 0.25) is 0 Å². The second kappa shape index (κ2) is 5.58. The van der Waals surface area contributed by atoms with E-state index in [0.717, 1.165) is 0 Å². The first kappa shape index (κ1) is 14.1. The molecular weight excluding hydrogens is 262 g/mol. The molecule has 0 saturated heterocycles. The monoisotopic (exact) mass is 273 g/mol. The lowest BCUT2D eigenvalue weighted by Crippen LogP contribution is -2.22. The molecule has 1 atom stereocenters. The van der Waals surface area contributed by atoms with Crippen LogP contribution in [-0.2, 0) is 25.1 Å². The summed E-state index contributed by atoms with van der Waals surface area (Å²) in [4.78, 5) is 19.9. The van der Waals surface area contributed by atoms with Gasteiger partial charge in [-0.05, 0) is 12.5 Å². The van der Waals surface area contributed by atoms with Gasteiger partial charge < -0.3 is 4.74 Å². The number of hydrogen-bond acceptors (Lipinski definition) is 6. The highest BCUT2D eigenvalue weighted by molar-refractivity contribution is 7.91. The Morgan fingerprint density at radius 2 is 1.94 bits per heavy atom. The van der Waals surface area contributed by atoms with E-state index in [1.54, 1.807) is 0 Å². The van der Waals surface area contributed by atoms with Crippen LogP contribution in [0.5, 0.6) is 0 Å². The summed E-state index contributed by atoms with van der Waals surface area (Å²) in [6.07, 6.45) is 0. The number of ether oxygens (including phenoxy) is 1. The van der Waals surface area contributed by atoms with Gasteiger partial charge in [-0.15, -0.1) is 0 Å². The minimum atomic E-state index is -3.63. The van der Waals surface area contributed by atoms with Crippen LogP contribution in [-0.4, -0.2) is 25.2 Å². The average molecular weight is 273 g/mol. The van der Waals surface area contributed by atoms with E-state index in [2.05, 4.69) is 4.74 Å². The molecule has 98 valence electrons. The topological polar surface area (TPSA) is 104 Å². The molecule has 8 heteroatoms. The lowest BCUT2D eigenvalue weighted by molar-refractivity contribution is -0.384. The highest BCUT2D eigenvalue weighted by Gasteiger charge is 2.22. The molecule has 1 unspecified atom stereocenters. The van der Waals surface area contributed by atoms with Gasteiger partial charge in [-0.1, -0.05) is 12.1 Å². The number of benzene rings is 1. The van der Waals surface area contributed by atoms with E-state index < -0.39 is 20.2 Å². The van der Waals surface area contributed by atoms with Gasteiger partial charge in [-0.25, -0.2) is 8.42 Å². The van der Waals surface area contributed by atoms with Crippen LogP contribution < -0.4 is 0 Å². The largest absolute Gasteiger partial charge is 0.448 e. The van der Waals surface area contributed by atoms with Crippen molar-refractivity contribution in [1.82, 2.24) is 0 Å². The summed E-state index contributed by atoms with van der Waals surface area (Å²) in [5, 5.41) is 10.4. The van der Waals surface area contributed by atoms with Crippen LogP contribution in [0, 0.1) is 10.1 Å². The van der Waals surface area contributed by atoms with Crippen LogP contribution in [0.3, 0.4) is 0 Å². The van der Waals surface area contributed by atoms with Gasteiger partial charge in [0.25, 0.3) is 12.2 Å². The summed E-state index contributed by atoms with van der Waals surface area (Å²) in [6.45, 7) is 1.31. The van der Waals surface area contributed by atoms with Crippen LogP contribution >= 0.6 is 0 Å². The second-order valence-electron chi connectivity index (χ2n) is 3.53. The molecular formula is C10H11NO6S.